The first-order chi connectivity index (χ1) is 13.4. The van der Waals surface area contributed by atoms with E-state index in [4.69, 9.17) is 5.11 Å². The number of rotatable bonds is 9. The molecule has 7 nitrogen and oxygen atoms in total. The number of aliphatic carboxylic acids is 1. The van der Waals surface area contributed by atoms with E-state index in [0.29, 0.717) is 30.6 Å². The number of hydrogen-bond acceptors (Lipinski definition) is 3. The maximum absolute atomic E-state index is 12.5. The molecule has 0 bridgehead atoms. The molecule has 2 atom stereocenters. The largest absolute Gasteiger partial charge is 0.481 e. The van der Waals surface area contributed by atoms with E-state index in [9.17, 15) is 9.59 Å². The van der Waals surface area contributed by atoms with E-state index >= 15 is 0 Å². The average molecular weight is 384 g/mol. The number of aryl methyl sites for hydroxylation is 1. The van der Waals surface area contributed by atoms with E-state index in [1.807, 2.05) is 48.0 Å². The molecule has 1 aliphatic rings. The lowest BCUT2D eigenvalue weighted by molar-refractivity contribution is -0.137. The summed E-state index contributed by atoms with van der Waals surface area (Å²) in [6.45, 7) is 4.14. The van der Waals surface area contributed by atoms with Crippen LogP contribution in [0.4, 0.5) is 10.6 Å². The summed E-state index contributed by atoms with van der Waals surface area (Å²) in [6, 6.07) is 11.3. The lowest BCUT2D eigenvalue weighted by Gasteiger charge is -2.18. The number of benzene rings is 1. The van der Waals surface area contributed by atoms with Crippen molar-refractivity contribution >= 4 is 17.8 Å². The SMILES string of the molecule is Cc1cc(NC(=O)NC(CCC(=O)O)Cc2ccccc2)nn1C(C)C1CC1. The zero-order chi connectivity index (χ0) is 20.1. The zero-order valence-corrected chi connectivity index (χ0v) is 16.4. The Labute approximate surface area is 165 Å². The van der Waals surface area contributed by atoms with Crippen molar-refractivity contribution in [3.05, 3.63) is 47.7 Å². The predicted octanol–water partition coefficient (Wildman–Crippen LogP) is 3.76. The lowest BCUT2D eigenvalue weighted by Crippen LogP contribution is -2.39. The Bertz CT molecular complexity index is 814. The fraction of sp³-hybridized carbons (Fsp3) is 0.476. The highest BCUT2D eigenvalue weighted by Gasteiger charge is 2.30. The minimum Gasteiger partial charge on any atom is -0.481 e. The molecule has 1 fully saturated rings. The first-order valence-electron chi connectivity index (χ1n) is 9.81. The van der Waals surface area contributed by atoms with Crippen molar-refractivity contribution in [3.63, 3.8) is 0 Å². The van der Waals surface area contributed by atoms with Crippen LogP contribution in [-0.2, 0) is 11.2 Å². The smallest absolute Gasteiger partial charge is 0.320 e. The molecule has 0 saturated heterocycles. The molecule has 2 unspecified atom stereocenters. The number of carboxylic acid groups (broad SMARTS) is 1. The van der Waals surface area contributed by atoms with Crippen molar-refractivity contribution in [1.29, 1.82) is 0 Å². The van der Waals surface area contributed by atoms with Crippen LogP contribution in [0.3, 0.4) is 0 Å². The van der Waals surface area contributed by atoms with Gasteiger partial charge in [-0.15, -0.1) is 0 Å². The minimum atomic E-state index is -0.872. The summed E-state index contributed by atoms with van der Waals surface area (Å²) >= 11 is 0. The first kappa shape index (κ1) is 19.9. The third kappa shape index (κ3) is 5.58. The van der Waals surface area contributed by atoms with E-state index in [1.165, 1.54) is 12.8 Å². The van der Waals surface area contributed by atoms with Crippen LogP contribution in [0, 0.1) is 12.8 Å². The van der Waals surface area contributed by atoms with Crippen molar-refractivity contribution in [2.75, 3.05) is 5.32 Å². The number of carboxylic acids is 1. The highest BCUT2D eigenvalue weighted by molar-refractivity contribution is 5.88. The first-order valence-corrected chi connectivity index (χ1v) is 9.81. The van der Waals surface area contributed by atoms with Gasteiger partial charge in [0.1, 0.15) is 0 Å². The molecule has 1 saturated carbocycles. The van der Waals surface area contributed by atoms with Crippen molar-refractivity contribution in [1.82, 2.24) is 15.1 Å². The molecular formula is C21H28N4O3. The summed E-state index contributed by atoms with van der Waals surface area (Å²) in [4.78, 5) is 23.4. The Morgan fingerprint density at radius 2 is 2.00 bits per heavy atom. The Hall–Kier alpha value is -2.83. The number of amides is 2. The molecule has 1 aliphatic carbocycles. The van der Waals surface area contributed by atoms with Gasteiger partial charge in [0, 0.05) is 24.2 Å². The maximum atomic E-state index is 12.5. The fourth-order valence-corrected chi connectivity index (χ4v) is 3.50. The van der Waals surface area contributed by atoms with E-state index in [0.717, 1.165) is 11.3 Å². The van der Waals surface area contributed by atoms with Gasteiger partial charge >= 0.3 is 12.0 Å². The molecule has 0 radical (unpaired) electrons. The van der Waals surface area contributed by atoms with Gasteiger partial charge in [0.25, 0.3) is 0 Å². The molecule has 3 N–H and O–H groups in total. The quantitative estimate of drug-likeness (QED) is 0.613. The highest BCUT2D eigenvalue weighted by atomic mass is 16.4. The topological polar surface area (TPSA) is 96.2 Å². The zero-order valence-electron chi connectivity index (χ0n) is 16.4. The van der Waals surface area contributed by atoms with Gasteiger partial charge in [0.2, 0.25) is 0 Å². The van der Waals surface area contributed by atoms with E-state index in [-0.39, 0.29) is 18.5 Å². The van der Waals surface area contributed by atoms with Gasteiger partial charge in [-0.05, 0) is 51.0 Å². The van der Waals surface area contributed by atoms with Gasteiger partial charge in [0.05, 0.1) is 6.04 Å². The van der Waals surface area contributed by atoms with Crippen LogP contribution in [0.1, 0.15) is 49.9 Å². The molecule has 0 spiro atoms. The number of aromatic nitrogens is 2. The molecule has 2 aromatic rings. The molecule has 7 heteroatoms. The molecule has 0 aliphatic heterocycles. The van der Waals surface area contributed by atoms with Crippen LogP contribution in [0.15, 0.2) is 36.4 Å². The van der Waals surface area contributed by atoms with E-state index < -0.39 is 5.97 Å². The lowest BCUT2D eigenvalue weighted by atomic mass is 10.0. The molecule has 28 heavy (non-hydrogen) atoms. The third-order valence-electron chi connectivity index (χ3n) is 5.22. The summed E-state index contributed by atoms with van der Waals surface area (Å²) < 4.78 is 1.97. The Morgan fingerprint density at radius 3 is 2.64 bits per heavy atom. The molecule has 3 rings (SSSR count). The maximum Gasteiger partial charge on any atom is 0.320 e. The second-order valence-electron chi connectivity index (χ2n) is 7.61. The molecule has 1 heterocycles. The normalized spacial score (nSPS) is 15.6. The minimum absolute atomic E-state index is 0.00438. The summed E-state index contributed by atoms with van der Waals surface area (Å²) in [7, 11) is 0. The van der Waals surface area contributed by atoms with Crippen molar-refractivity contribution in [2.45, 2.75) is 58.0 Å². The summed E-state index contributed by atoms with van der Waals surface area (Å²) in [5.74, 6) is 0.314. The molecule has 2 amide bonds. The summed E-state index contributed by atoms with van der Waals surface area (Å²) in [6.07, 6.45) is 3.41. The van der Waals surface area contributed by atoms with Gasteiger partial charge in [0.15, 0.2) is 5.82 Å². The van der Waals surface area contributed by atoms with E-state index in [1.54, 1.807) is 0 Å². The van der Waals surface area contributed by atoms with Gasteiger partial charge in [-0.25, -0.2) is 4.79 Å². The van der Waals surface area contributed by atoms with Gasteiger partial charge in [-0.2, -0.15) is 5.10 Å². The number of nitrogens with zero attached hydrogens (tertiary/aromatic N) is 2. The second-order valence-corrected chi connectivity index (χ2v) is 7.61. The number of carbonyl (C=O) groups excluding carboxylic acids is 1. The van der Waals surface area contributed by atoms with E-state index in [2.05, 4.69) is 22.7 Å². The number of carbonyl (C=O) groups is 2. The van der Waals surface area contributed by atoms with Crippen molar-refractivity contribution < 1.29 is 14.7 Å². The van der Waals surface area contributed by atoms with Crippen LogP contribution >= 0.6 is 0 Å². The molecule has 1 aromatic heterocycles. The number of hydrogen-bond donors (Lipinski definition) is 3. The number of nitrogens with one attached hydrogen (secondary N) is 2. The molecular weight excluding hydrogens is 356 g/mol. The third-order valence-corrected chi connectivity index (χ3v) is 5.22. The standard InChI is InChI=1S/C21H28N4O3/c1-14-12-19(24-25(14)15(2)17-8-9-17)23-21(28)22-18(10-11-20(26)27)13-16-6-4-3-5-7-16/h3-7,12,15,17-18H,8-11,13H2,1-2H3,(H,26,27)(H2,22,23,24,28). The summed E-state index contributed by atoms with van der Waals surface area (Å²) in [5.41, 5.74) is 2.07. The molecule has 150 valence electrons. The molecule has 1 aromatic carbocycles. The number of urea groups is 1. The number of anilines is 1. The second kappa shape index (κ2) is 8.91. The Balaban J connectivity index is 1.61. The summed E-state index contributed by atoms with van der Waals surface area (Å²) in [5, 5.41) is 19.2. The highest BCUT2D eigenvalue weighted by Crippen LogP contribution is 2.39. The Morgan fingerprint density at radius 1 is 1.29 bits per heavy atom. The van der Waals surface area contributed by atoms with Crippen LogP contribution in [0.2, 0.25) is 0 Å². The predicted molar refractivity (Wildman–Crippen MR) is 107 cm³/mol. The van der Waals surface area contributed by atoms with Gasteiger partial charge in [-0.3, -0.25) is 14.8 Å². The Kier molecular flexibility index (Phi) is 6.34. The average Bonchev–Trinajstić information content (AvgIpc) is 3.43. The monoisotopic (exact) mass is 384 g/mol. The van der Waals surface area contributed by atoms with Gasteiger partial charge < -0.3 is 10.4 Å². The van der Waals surface area contributed by atoms with Crippen LogP contribution in [-0.4, -0.2) is 32.9 Å². The van der Waals surface area contributed by atoms with Gasteiger partial charge in [-0.1, -0.05) is 30.3 Å². The van der Waals surface area contributed by atoms with Crippen LogP contribution in [0.5, 0.6) is 0 Å². The van der Waals surface area contributed by atoms with Crippen LogP contribution < -0.4 is 10.6 Å². The fourth-order valence-electron chi connectivity index (χ4n) is 3.50. The van der Waals surface area contributed by atoms with Crippen molar-refractivity contribution in [3.8, 4) is 0 Å². The van der Waals surface area contributed by atoms with Crippen LogP contribution in [0.25, 0.3) is 0 Å². The van der Waals surface area contributed by atoms with Crippen molar-refractivity contribution in [2.24, 2.45) is 5.92 Å².